The van der Waals surface area contributed by atoms with Gasteiger partial charge in [0.05, 0.1) is 37.2 Å². The fourth-order valence-electron chi connectivity index (χ4n) is 2.90. The van der Waals surface area contributed by atoms with Crippen LogP contribution in [0.15, 0.2) is 36.4 Å². The van der Waals surface area contributed by atoms with Gasteiger partial charge in [0.1, 0.15) is 13.2 Å². The minimum absolute atomic E-state index is 0.0554. The molecule has 192 valence electrons. The first-order valence-electron chi connectivity index (χ1n) is 10.8. The summed E-state index contributed by atoms with van der Waals surface area (Å²) >= 11 is 1.42. The molecule has 0 saturated heterocycles. The number of amides is 1. The third kappa shape index (κ3) is 9.38. The highest BCUT2D eigenvalue weighted by molar-refractivity contribution is 7.98. The molecule has 0 aliphatic rings. The third-order valence-electron chi connectivity index (χ3n) is 4.63. The zero-order valence-electron chi connectivity index (χ0n) is 19.7. The Hall–Kier alpha value is -2.83. The maximum Gasteiger partial charge on any atom is 0.337 e. The Kier molecular flexibility index (Phi) is 12.4. The van der Waals surface area contributed by atoms with Gasteiger partial charge in [-0.2, -0.15) is 11.8 Å². The van der Waals surface area contributed by atoms with Gasteiger partial charge in [-0.15, -0.1) is 0 Å². The molecule has 0 radical (unpaired) electrons. The molecular weight excluding hydrogens is 478 g/mol. The first-order valence-corrected chi connectivity index (χ1v) is 12.0. The van der Waals surface area contributed by atoms with Gasteiger partial charge >= 0.3 is 5.97 Å². The van der Waals surface area contributed by atoms with Crippen LogP contribution in [0.25, 0.3) is 0 Å². The van der Waals surface area contributed by atoms with Crippen LogP contribution in [0.5, 0.6) is 11.5 Å². The Morgan fingerprint density at radius 2 is 1.66 bits per heavy atom. The van der Waals surface area contributed by atoms with Crippen LogP contribution in [0.2, 0.25) is 0 Å². The van der Waals surface area contributed by atoms with Crippen molar-refractivity contribution in [2.24, 2.45) is 0 Å². The molecule has 2 aromatic carbocycles. The van der Waals surface area contributed by atoms with E-state index < -0.39 is 18.0 Å². The molecular formula is C24H31NO9S. The summed E-state index contributed by atoms with van der Waals surface area (Å²) in [5.41, 5.74) is 1.08. The number of hydrogen-bond acceptors (Lipinski definition) is 9. The topological polar surface area (TPSA) is 144 Å². The van der Waals surface area contributed by atoms with E-state index in [1.54, 1.807) is 18.2 Å². The van der Waals surface area contributed by atoms with E-state index in [1.165, 1.54) is 38.1 Å². The number of benzene rings is 2. The molecule has 0 saturated carbocycles. The SMILES string of the molecule is COCCOc1cc(NC(=O)c2cccc(CSCC(O)CO)c2)c(C(=O)O)cc1OCCOC. The molecule has 0 bridgehead atoms. The number of aromatic carboxylic acids is 1. The van der Waals surface area contributed by atoms with Gasteiger partial charge in [0, 0.05) is 43.4 Å². The Morgan fingerprint density at radius 3 is 2.26 bits per heavy atom. The molecule has 0 aromatic heterocycles. The minimum Gasteiger partial charge on any atom is -0.487 e. The van der Waals surface area contributed by atoms with E-state index in [2.05, 4.69) is 5.32 Å². The molecule has 2 rings (SSSR count). The number of carbonyl (C=O) groups excluding carboxylic acids is 1. The van der Waals surface area contributed by atoms with Crippen molar-refractivity contribution in [1.29, 1.82) is 0 Å². The van der Waals surface area contributed by atoms with E-state index in [0.29, 0.717) is 30.3 Å². The van der Waals surface area contributed by atoms with E-state index in [1.807, 2.05) is 6.07 Å². The second kappa shape index (κ2) is 15.2. The molecule has 1 amide bonds. The predicted octanol–water partition coefficient (Wildman–Crippen LogP) is 2.27. The molecule has 0 aliphatic heterocycles. The van der Waals surface area contributed by atoms with Crippen molar-refractivity contribution in [2.45, 2.75) is 11.9 Å². The number of methoxy groups -OCH3 is 2. The molecule has 2 aromatic rings. The van der Waals surface area contributed by atoms with Gasteiger partial charge in [0.25, 0.3) is 5.91 Å². The average Bonchev–Trinajstić information content (AvgIpc) is 2.85. The zero-order chi connectivity index (χ0) is 25.6. The smallest absolute Gasteiger partial charge is 0.337 e. The first-order chi connectivity index (χ1) is 16.9. The molecule has 0 heterocycles. The van der Waals surface area contributed by atoms with Gasteiger partial charge in [-0.3, -0.25) is 4.79 Å². The summed E-state index contributed by atoms with van der Waals surface area (Å²) < 4.78 is 21.3. The lowest BCUT2D eigenvalue weighted by Crippen LogP contribution is -2.16. The van der Waals surface area contributed by atoms with Gasteiger partial charge in [-0.25, -0.2) is 4.79 Å². The largest absolute Gasteiger partial charge is 0.487 e. The molecule has 0 aliphatic carbocycles. The molecule has 11 heteroatoms. The van der Waals surface area contributed by atoms with Crippen LogP contribution >= 0.6 is 11.8 Å². The van der Waals surface area contributed by atoms with Gasteiger partial charge in [-0.05, 0) is 17.7 Å². The van der Waals surface area contributed by atoms with Crippen molar-refractivity contribution < 1.29 is 43.9 Å². The number of rotatable bonds is 16. The van der Waals surface area contributed by atoms with Crippen LogP contribution in [-0.4, -0.2) is 86.3 Å². The maximum atomic E-state index is 12.9. The van der Waals surface area contributed by atoms with Crippen LogP contribution in [0, 0.1) is 0 Å². The van der Waals surface area contributed by atoms with E-state index in [9.17, 15) is 19.8 Å². The molecule has 4 N–H and O–H groups in total. The molecule has 35 heavy (non-hydrogen) atoms. The lowest BCUT2D eigenvalue weighted by Gasteiger charge is -2.17. The van der Waals surface area contributed by atoms with Crippen molar-refractivity contribution in [3.05, 3.63) is 53.1 Å². The average molecular weight is 510 g/mol. The Balaban J connectivity index is 2.24. The highest BCUT2D eigenvalue weighted by atomic mass is 32.2. The first kappa shape index (κ1) is 28.4. The molecule has 10 nitrogen and oxygen atoms in total. The Morgan fingerprint density at radius 1 is 1.00 bits per heavy atom. The summed E-state index contributed by atoms with van der Waals surface area (Å²) in [7, 11) is 3.05. The predicted molar refractivity (Wildman–Crippen MR) is 132 cm³/mol. The van der Waals surface area contributed by atoms with Crippen molar-refractivity contribution in [1.82, 2.24) is 0 Å². The fraction of sp³-hybridized carbons (Fsp3) is 0.417. The Bertz CT molecular complexity index is 970. The van der Waals surface area contributed by atoms with Crippen LogP contribution < -0.4 is 14.8 Å². The number of aliphatic hydroxyl groups is 2. The second-order valence-corrected chi connectivity index (χ2v) is 8.37. The number of hydrogen-bond donors (Lipinski definition) is 4. The monoisotopic (exact) mass is 509 g/mol. The normalized spacial score (nSPS) is 11.7. The second-order valence-electron chi connectivity index (χ2n) is 7.34. The highest BCUT2D eigenvalue weighted by Crippen LogP contribution is 2.34. The highest BCUT2D eigenvalue weighted by Gasteiger charge is 2.20. The number of carboxylic acids is 1. The van der Waals surface area contributed by atoms with E-state index in [4.69, 9.17) is 24.1 Å². The summed E-state index contributed by atoms with van der Waals surface area (Å²) in [4.78, 5) is 24.9. The molecule has 0 spiro atoms. The number of thioether (sulfide) groups is 1. The quantitative estimate of drug-likeness (QED) is 0.249. The van der Waals surface area contributed by atoms with E-state index >= 15 is 0 Å². The Labute approximate surface area is 208 Å². The number of carbonyl (C=O) groups is 2. The van der Waals surface area contributed by atoms with Crippen LogP contribution in [0.4, 0.5) is 5.69 Å². The lowest BCUT2D eigenvalue weighted by atomic mass is 10.1. The number of anilines is 1. The van der Waals surface area contributed by atoms with Crippen molar-refractivity contribution in [3.8, 4) is 11.5 Å². The van der Waals surface area contributed by atoms with Crippen LogP contribution in [0.1, 0.15) is 26.3 Å². The van der Waals surface area contributed by atoms with Crippen LogP contribution in [0.3, 0.4) is 0 Å². The molecule has 1 unspecified atom stereocenters. The minimum atomic E-state index is -1.24. The summed E-state index contributed by atoms with van der Waals surface area (Å²) in [6.45, 7) is 0.671. The number of nitrogens with one attached hydrogen (secondary N) is 1. The van der Waals surface area contributed by atoms with Crippen molar-refractivity contribution in [2.75, 3.05) is 58.3 Å². The van der Waals surface area contributed by atoms with Gasteiger partial charge in [0.15, 0.2) is 11.5 Å². The van der Waals surface area contributed by atoms with E-state index in [0.717, 1.165) is 5.56 Å². The number of aliphatic hydroxyl groups excluding tert-OH is 2. The zero-order valence-corrected chi connectivity index (χ0v) is 20.5. The number of carboxylic acid groups (broad SMARTS) is 1. The molecule has 0 fully saturated rings. The summed E-state index contributed by atoms with van der Waals surface area (Å²) in [5.74, 6) is -0.384. The van der Waals surface area contributed by atoms with Gasteiger partial charge < -0.3 is 39.6 Å². The van der Waals surface area contributed by atoms with Crippen molar-refractivity contribution >= 4 is 29.3 Å². The maximum absolute atomic E-state index is 12.9. The van der Waals surface area contributed by atoms with Gasteiger partial charge in [0.2, 0.25) is 0 Å². The molecule has 1 atom stereocenters. The summed E-state index contributed by atoms with van der Waals surface area (Å²) in [6.07, 6.45) is -0.803. The van der Waals surface area contributed by atoms with Crippen LogP contribution in [-0.2, 0) is 15.2 Å². The van der Waals surface area contributed by atoms with Crippen molar-refractivity contribution in [3.63, 3.8) is 0 Å². The number of ether oxygens (including phenoxy) is 4. The van der Waals surface area contributed by atoms with Gasteiger partial charge in [-0.1, -0.05) is 12.1 Å². The van der Waals surface area contributed by atoms with E-state index in [-0.39, 0.29) is 42.6 Å². The third-order valence-corrected chi connectivity index (χ3v) is 5.79. The summed E-state index contributed by atoms with van der Waals surface area (Å²) in [6, 6.07) is 9.57. The standard InChI is InChI=1S/C24H31NO9S/c1-31-6-8-33-21-11-19(24(29)30)20(12-22(21)34-9-7-32-2)25-23(28)17-5-3-4-16(10-17)14-35-15-18(27)13-26/h3-5,10-12,18,26-27H,6-9,13-15H2,1-2H3,(H,25,28)(H,29,30). The fourth-order valence-corrected chi connectivity index (χ4v) is 3.81. The summed E-state index contributed by atoms with van der Waals surface area (Å²) in [5, 5.41) is 30.8. The lowest BCUT2D eigenvalue weighted by molar-refractivity contribution is 0.0697.